The minimum Gasteiger partial charge on any atom is -0.493 e. The Hall–Kier alpha value is -3.12. The van der Waals surface area contributed by atoms with Crippen LogP contribution in [0.25, 0.3) is 0 Å². The van der Waals surface area contributed by atoms with Gasteiger partial charge in [-0.05, 0) is 72.4 Å². The predicted octanol–water partition coefficient (Wildman–Crippen LogP) is 5.76. The fourth-order valence-corrected chi connectivity index (χ4v) is 5.48. The van der Waals surface area contributed by atoms with E-state index in [9.17, 15) is 4.79 Å². The zero-order valence-electron chi connectivity index (χ0n) is 20.9. The van der Waals surface area contributed by atoms with Crippen LogP contribution in [-0.2, 0) is 17.0 Å². The molecule has 35 heavy (non-hydrogen) atoms. The normalized spacial score (nSPS) is 14.9. The lowest BCUT2D eigenvalue weighted by Crippen LogP contribution is -2.43. The molecular formula is C29H33NO4S. The number of carbonyl (C=O) groups is 1. The maximum atomic E-state index is 13.4. The summed E-state index contributed by atoms with van der Waals surface area (Å²) in [5.74, 6) is 3.55. The van der Waals surface area contributed by atoms with E-state index in [-0.39, 0.29) is 11.9 Å². The number of carbonyl (C=O) groups excluding carboxylic acids is 1. The van der Waals surface area contributed by atoms with Crippen molar-refractivity contribution < 1.29 is 19.0 Å². The fourth-order valence-electron chi connectivity index (χ4n) is 4.61. The Labute approximate surface area is 212 Å². The molecule has 1 heterocycles. The molecule has 3 aromatic rings. The molecule has 0 saturated heterocycles. The molecule has 0 aromatic heterocycles. The molecule has 1 atom stereocenters. The van der Waals surface area contributed by atoms with E-state index in [4.69, 9.17) is 14.2 Å². The van der Waals surface area contributed by atoms with Crippen molar-refractivity contribution in [2.75, 3.05) is 33.1 Å². The first-order valence-corrected chi connectivity index (χ1v) is 13.0. The number of rotatable bonds is 9. The molecule has 0 fully saturated rings. The first kappa shape index (κ1) is 25.0. The number of methoxy groups -OCH3 is 2. The van der Waals surface area contributed by atoms with Gasteiger partial charge >= 0.3 is 0 Å². The number of thioether (sulfide) groups is 1. The lowest BCUT2D eigenvalue weighted by molar-refractivity contribution is -0.132. The number of fused-ring (bicyclic) bond motifs is 1. The molecule has 0 aliphatic carbocycles. The van der Waals surface area contributed by atoms with E-state index in [2.05, 4.69) is 32.0 Å². The van der Waals surface area contributed by atoms with Crippen LogP contribution in [0.3, 0.4) is 0 Å². The number of aryl methyl sites for hydroxylation is 2. The molecule has 5 nitrogen and oxygen atoms in total. The van der Waals surface area contributed by atoms with E-state index in [1.54, 1.807) is 26.0 Å². The summed E-state index contributed by atoms with van der Waals surface area (Å²) in [7, 11) is 3.28. The molecule has 0 spiro atoms. The van der Waals surface area contributed by atoms with Crippen molar-refractivity contribution in [3.63, 3.8) is 0 Å². The van der Waals surface area contributed by atoms with Gasteiger partial charge in [0.05, 0.1) is 26.0 Å². The second kappa shape index (κ2) is 11.5. The standard InChI is InChI=1S/C29H33NO4S/c1-20-12-21(2)14-24(13-20)34-17-26-25-16-28(33-4)27(32-3)15-23(25)10-11-30(26)29(31)19-35-18-22-8-6-5-7-9-22/h5-9,12-16,26H,10-11,17-19H2,1-4H3/t26-/m1/s1. The summed E-state index contributed by atoms with van der Waals surface area (Å²) in [4.78, 5) is 15.4. The van der Waals surface area contributed by atoms with E-state index in [1.807, 2.05) is 47.4 Å². The number of nitrogens with zero attached hydrogens (tertiary/aromatic N) is 1. The molecule has 0 radical (unpaired) electrons. The van der Waals surface area contributed by atoms with Gasteiger partial charge in [-0.15, -0.1) is 11.8 Å². The van der Waals surface area contributed by atoms with E-state index >= 15 is 0 Å². The fraction of sp³-hybridized carbons (Fsp3) is 0.345. The van der Waals surface area contributed by atoms with Crippen LogP contribution >= 0.6 is 11.8 Å². The van der Waals surface area contributed by atoms with Crippen LogP contribution in [0, 0.1) is 13.8 Å². The summed E-state index contributed by atoms with van der Waals surface area (Å²) in [6.07, 6.45) is 0.769. The van der Waals surface area contributed by atoms with Gasteiger partial charge in [0.1, 0.15) is 12.4 Å². The van der Waals surface area contributed by atoms with Crippen molar-refractivity contribution in [1.82, 2.24) is 4.90 Å². The van der Waals surface area contributed by atoms with Crippen LogP contribution in [0.1, 0.15) is 33.9 Å². The van der Waals surface area contributed by atoms with Crippen molar-refractivity contribution in [2.24, 2.45) is 0 Å². The lowest BCUT2D eigenvalue weighted by atomic mass is 9.92. The first-order valence-electron chi connectivity index (χ1n) is 11.9. The summed E-state index contributed by atoms with van der Waals surface area (Å²) in [6.45, 7) is 5.15. The molecule has 0 N–H and O–H groups in total. The Bertz CT molecular complexity index is 1140. The minimum absolute atomic E-state index is 0.125. The van der Waals surface area contributed by atoms with Crippen molar-refractivity contribution >= 4 is 17.7 Å². The Morgan fingerprint density at radius 1 is 0.971 bits per heavy atom. The Morgan fingerprint density at radius 3 is 2.34 bits per heavy atom. The molecule has 4 rings (SSSR count). The maximum absolute atomic E-state index is 13.4. The molecule has 6 heteroatoms. The minimum atomic E-state index is -0.204. The predicted molar refractivity (Wildman–Crippen MR) is 142 cm³/mol. The Kier molecular flexibility index (Phi) is 8.24. The van der Waals surface area contributed by atoms with Crippen molar-refractivity contribution in [1.29, 1.82) is 0 Å². The zero-order valence-corrected chi connectivity index (χ0v) is 21.7. The number of ether oxygens (including phenoxy) is 3. The monoisotopic (exact) mass is 491 g/mol. The van der Waals surface area contributed by atoms with Crippen molar-refractivity contribution in [3.05, 3.63) is 88.5 Å². The number of hydrogen-bond donors (Lipinski definition) is 0. The zero-order chi connectivity index (χ0) is 24.8. The van der Waals surface area contributed by atoms with Gasteiger partial charge in [-0.25, -0.2) is 0 Å². The lowest BCUT2D eigenvalue weighted by Gasteiger charge is -2.37. The number of hydrogen-bond acceptors (Lipinski definition) is 5. The third-order valence-electron chi connectivity index (χ3n) is 6.26. The number of benzene rings is 3. The van der Waals surface area contributed by atoms with Crippen LogP contribution in [0.4, 0.5) is 0 Å². The average Bonchev–Trinajstić information content (AvgIpc) is 2.86. The molecular weight excluding hydrogens is 458 g/mol. The van der Waals surface area contributed by atoms with Gasteiger partial charge in [-0.1, -0.05) is 36.4 Å². The molecule has 1 aliphatic rings. The molecule has 184 valence electrons. The maximum Gasteiger partial charge on any atom is 0.233 e. The smallest absolute Gasteiger partial charge is 0.233 e. The van der Waals surface area contributed by atoms with Crippen LogP contribution in [0.2, 0.25) is 0 Å². The van der Waals surface area contributed by atoms with Crippen LogP contribution < -0.4 is 14.2 Å². The van der Waals surface area contributed by atoms with Gasteiger partial charge in [0.25, 0.3) is 0 Å². The van der Waals surface area contributed by atoms with Gasteiger partial charge in [-0.2, -0.15) is 0 Å². The number of amides is 1. The molecule has 0 bridgehead atoms. The van der Waals surface area contributed by atoms with Gasteiger partial charge in [-0.3, -0.25) is 4.79 Å². The molecule has 0 saturated carbocycles. The van der Waals surface area contributed by atoms with Crippen LogP contribution in [0.15, 0.2) is 60.7 Å². The highest BCUT2D eigenvalue weighted by atomic mass is 32.2. The Morgan fingerprint density at radius 2 is 1.66 bits per heavy atom. The van der Waals surface area contributed by atoms with Crippen LogP contribution in [0.5, 0.6) is 17.2 Å². The van der Waals surface area contributed by atoms with Crippen LogP contribution in [-0.4, -0.2) is 43.9 Å². The van der Waals surface area contributed by atoms with Gasteiger partial charge in [0, 0.05) is 12.3 Å². The second-order valence-corrected chi connectivity index (χ2v) is 9.86. The average molecular weight is 492 g/mol. The summed E-state index contributed by atoms with van der Waals surface area (Å²) >= 11 is 1.65. The molecule has 1 aliphatic heterocycles. The van der Waals surface area contributed by atoms with Gasteiger partial charge in [0.15, 0.2) is 11.5 Å². The van der Waals surface area contributed by atoms with Crippen molar-refractivity contribution in [3.8, 4) is 17.2 Å². The van der Waals surface area contributed by atoms with E-state index in [0.717, 1.165) is 40.2 Å². The molecule has 1 amide bonds. The summed E-state index contributed by atoms with van der Waals surface area (Å²) in [6, 6.07) is 20.3. The molecule has 3 aromatic carbocycles. The highest BCUT2D eigenvalue weighted by molar-refractivity contribution is 7.99. The van der Waals surface area contributed by atoms with Gasteiger partial charge < -0.3 is 19.1 Å². The SMILES string of the molecule is COc1cc2c(cc1OC)[C@@H](COc1cc(C)cc(C)c1)N(C(=O)CSCc1ccccc1)CC2. The highest BCUT2D eigenvalue weighted by Crippen LogP contribution is 2.38. The van der Waals surface area contributed by atoms with E-state index in [1.165, 1.54) is 5.56 Å². The summed E-state index contributed by atoms with van der Waals surface area (Å²) in [5, 5.41) is 0. The quantitative estimate of drug-likeness (QED) is 0.381. The molecule has 0 unspecified atom stereocenters. The first-order chi connectivity index (χ1) is 17.0. The third kappa shape index (κ3) is 6.12. The largest absolute Gasteiger partial charge is 0.493 e. The summed E-state index contributed by atoms with van der Waals surface area (Å²) < 4.78 is 17.4. The topological polar surface area (TPSA) is 48.0 Å². The third-order valence-corrected chi connectivity index (χ3v) is 7.25. The second-order valence-electron chi connectivity index (χ2n) is 8.87. The van der Waals surface area contributed by atoms with Crippen molar-refractivity contribution in [2.45, 2.75) is 32.1 Å². The van der Waals surface area contributed by atoms with E-state index < -0.39 is 0 Å². The Balaban J connectivity index is 1.56. The summed E-state index contributed by atoms with van der Waals surface area (Å²) in [5.41, 5.74) is 5.75. The highest BCUT2D eigenvalue weighted by Gasteiger charge is 2.32. The van der Waals surface area contributed by atoms with Gasteiger partial charge in [0.2, 0.25) is 5.91 Å². The van der Waals surface area contributed by atoms with E-state index in [0.29, 0.717) is 30.4 Å².